The molecule has 4 rings (SSSR count). The lowest BCUT2D eigenvalue weighted by Gasteiger charge is -2.38. The quantitative estimate of drug-likeness (QED) is 0.750. The summed E-state index contributed by atoms with van der Waals surface area (Å²) in [4.78, 5) is 35.5. The van der Waals surface area contributed by atoms with Crippen molar-refractivity contribution in [1.82, 2.24) is 19.7 Å². The largest absolute Gasteiger partial charge is 0.439 e. The number of benzene rings is 1. The van der Waals surface area contributed by atoms with Crippen molar-refractivity contribution in [2.45, 2.75) is 39.2 Å². The molecule has 3 amide bonds. The standard InChI is InChI=1S/C25H33N5O3/c1-19-6-9-22(10-7-19)33-23-11-8-21(17-26-23)27-25(32)29-15-13-28(14-16-29)18-24(31)30-12-4-3-5-20(30)2/h6-11,17,20H,3-5,12-16,18H2,1-2H3,(H,27,32). The summed E-state index contributed by atoms with van der Waals surface area (Å²) in [6, 6.07) is 11.4. The van der Waals surface area contributed by atoms with E-state index in [1.54, 1.807) is 23.2 Å². The predicted octanol–water partition coefficient (Wildman–Crippen LogP) is 3.73. The van der Waals surface area contributed by atoms with Crippen LogP contribution in [0.3, 0.4) is 0 Å². The van der Waals surface area contributed by atoms with Gasteiger partial charge in [0.05, 0.1) is 18.4 Å². The molecule has 0 aliphatic carbocycles. The third kappa shape index (κ3) is 6.22. The number of pyridine rings is 1. The van der Waals surface area contributed by atoms with Crippen molar-refractivity contribution in [3.8, 4) is 11.6 Å². The Morgan fingerprint density at radius 1 is 1.03 bits per heavy atom. The molecule has 1 N–H and O–H groups in total. The second-order valence-electron chi connectivity index (χ2n) is 8.93. The van der Waals surface area contributed by atoms with Crippen LogP contribution in [0.4, 0.5) is 10.5 Å². The number of likely N-dealkylation sites (tertiary alicyclic amines) is 1. The Hall–Kier alpha value is -3.13. The molecule has 1 unspecified atom stereocenters. The van der Waals surface area contributed by atoms with E-state index in [4.69, 9.17) is 4.74 Å². The van der Waals surface area contributed by atoms with Gasteiger partial charge in [-0.1, -0.05) is 17.7 Å². The van der Waals surface area contributed by atoms with Gasteiger partial charge in [0.25, 0.3) is 0 Å². The van der Waals surface area contributed by atoms with E-state index in [0.717, 1.165) is 30.7 Å². The van der Waals surface area contributed by atoms with Crippen molar-refractivity contribution in [3.63, 3.8) is 0 Å². The summed E-state index contributed by atoms with van der Waals surface area (Å²) in [7, 11) is 0. The lowest BCUT2D eigenvalue weighted by Crippen LogP contribution is -2.53. The van der Waals surface area contributed by atoms with Crippen LogP contribution in [0.5, 0.6) is 11.6 Å². The summed E-state index contributed by atoms with van der Waals surface area (Å²) in [5, 5.41) is 2.90. The number of carbonyl (C=O) groups excluding carboxylic acids is 2. The van der Waals surface area contributed by atoms with Gasteiger partial charge in [0.1, 0.15) is 5.75 Å². The predicted molar refractivity (Wildman–Crippen MR) is 128 cm³/mol. The Morgan fingerprint density at radius 3 is 2.45 bits per heavy atom. The van der Waals surface area contributed by atoms with Crippen molar-refractivity contribution in [3.05, 3.63) is 48.2 Å². The van der Waals surface area contributed by atoms with Crippen LogP contribution in [0.2, 0.25) is 0 Å². The molecule has 0 saturated carbocycles. The number of hydrogen-bond donors (Lipinski definition) is 1. The summed E-state index contributed by atoms with van der Waals surface area (Å²) in [5.74, 6) is 1.40. The molecule has 1 atom stereocenters. The lowest BCUT2D eigenvalue weighted by molar-refractivity contribution is -0.136. The lowest BCUT2D eigenvalue weighted by atomic mass is 10.0. The molecule has 8 heteroatoms. The van der Waals surface area contributed by atoms with Gasteiger partial charge in [-0.15, -0.1) is 0 Å². The fourth-order valence-corrected chi connectivity index (χ4v) is 4.30. The minimum absolute atomic E-state index is 0.153. The van der Waals surface area contributed by atoms with Gasteiger partial charge in [-0.05, 0) is 51.3 Å². The smallest absolute Gasteiger partial charge is 0.321 e. The van der Waals surface area contributed by atoms with Gasteiger partial charge in [0.15, 0.2) is 0 Å². The van der Waals surface area contributed by atoms with E-state index in [9.17, 15) is 9.59 Å². The topological polar surface area (TPSA) is 78.0 Å². The fourth-order valence-electron chi connectivity index (χ4n) is 4.30. The van der Waals surface area contributed by atoms with Crippen LogP contribution >= 0.6 is 0 Å². The Labute approximate surface area is 195 Å². The Balaban J connectivity index is 1.22. The van der Waals surface area contributed by atoms with Gasteiger partial charge in [0, 0.05) is 44.8 Å². The number of piperazine rings is 1. The number of aryl methyl sites for hydroxylation is 1. The number of carbonyl (C=O) groups is 2. The Kier molecular flexibility index (Phi) is 7.44. The van der Waals surface area contributed by atoms with Crippen LogP contribution < -0.4 is 10.1 Å². The summed E-state index contributed by atoms with van der Waals surface area (Å²) < 4.78 is 5.73. The molecule has 3 heterocycles. The van der Waals surface area contributed by atoms with E-state index in [1.807, 2.05) is 36.1 Å². The maximum Gasteiger partial charge on any atom is 0.321 e. The maximum atomic E-state index is 12.7. The van der Waals surface area contributed by atoms with Gasteiger partial charge < -0.3 is 19.9 Å². The average molecular weight is 452 g/mol. The monoisotopic (exact) mass is 451 g/mol. The second-order valence-corrected chi connectivity index (χ2v) is 8.93. The summed E-state index contributed by atoms with van der Waals surface area (Å²) in [6.45, 7) is 8.04. The third-order valence-electron chi connectivity index (χ3n) is 6.37. The minimum atomic E-state index is -0.153. The number of ether oxygens (including phenoxy) is 1. The van der Waals surface area contributed by atoms with Crippen molar-refractivity contribution in [1.29, 1.82) is 0 Å². The van der Waals surface area contributed by atoms with E-state index in [0.29, 0.717) is 50.3 Å². The maximum absolute atomic E-state index is 12.7. The zero-order valence-corrected chi connectivity index (χ0v) is 19.5. The van der Waals surface area contributed by atoms with Gasteiger partial charge in [-0.2, -0.15) is 0 Å². The van der Waals surface area contributed by atoms with Gasteiger partial charge in [-0.3, -0.25) is 9.69 Å². The average Bonchev–Trinajstić information content (AvgIpc) is 2.82. The third-order valence-corrected chi connectivity index (χ3v) is 6.37. The highest BCUT2D eigenvalue weighted by atomic mass is 16.5. The molecule has 0 radical (unpaired) electrons. The van der Waals surface area contributed by atoms with Crippen LogP contribution in [-0.4, -0.2) is 76.9 Å². The van der Waals surface area contributed by atoms with Gasteiger partial charge in [-0.25, -0.2) is 9.78 Å². The molecule has 2 aliphatic heterocycles. The summed E-state index contributed by atoms with van der Waals surface area (Å²) in [5.41, 5.74) is 1.78. The van der Waals surface area contributed by atoms with Crippen molar-refractivity contribution in [2.75, 3.05) is 44.6 Å². The van der Waals surface area contributed by atoms with Crippen LogP contribution in [-0.2, 0) is 4.79 Å². The molecular weight excluding hydrogens is 418 g/mol. The first-order chi connectivity index (χ1) is 16.0. The summed E-state index contributed by atoms with van der Waals surface area (Å²) >= 11 is 0. The van der Waals surface area contributed by atoms with Gasteiger partial charge in [0.2, 0.25) is 11.8 Å². The SMILES string of the molecule is Cc1ccc(Oc2ccc(NC(=O)N3CCN(CC(=O)N4CCCCC4C)CC3)cn2)cc1. The van der Waals surface area contributed by atoms with E-state index < -0.39 is 0 Å². The molecule has 0 spiro atoms. The van der Waals surface area contributed by atoms with Crippen LogP contribution in [0.1, 0.15) is 31.7 Å². The molecule has 2 aliphatic rings. The molecular formula is C25H33N5O3. The highest BCUT2D eigenvalue weighted by Gasteiger charge is 2.27. The molecule has 1 aromatic heterocycles. The molecule has 2 aromatic rings. The summed E-state index contributed by atoms with van der Waals surface area (Å²) in [6.07, 6.45) is 4.98. The molecule has 2 saturated heterocycles. The Bertz CT molecular complexity index is 940. The highest BCUT2D eigenvalue weighted by molar-refractivity contribution is 5.89. The molecule has 33 heavy (non-hydrogen) atoms. The highest BCUT2D eigenvalue weighted by Crippen LogP contribution is 2.21. The molecule has 0 bridgehead atoms. The number of piperidine rings is 1. The van der Waals surface area contributed by atoms with Crippen LogP contribution in [0.25, 0.3) is 0 Å². The molecule has 1 aromatic carbocycles. The zero-order chi connectivity index (χ0) is 23.2. The number of hydrogen-bond acceptors (Lipinski definition) is 5. The second kappa shape index (κ2) is 10.7. The van der Waals surface area contributed by atoms with E-state index in [-0.39, 0.29) is 11.9 Å². The number of aromatic nitrogens is 1. The van der Waals surface area contributed by atoms with Crippen LogP contribution in [0, 0.1) is 6.92 Å². The van der Waals surface area contributed by atoms with Crippen molar-refractivity contribution < 1.29 is 14.3 Å². The number of rotatable bonds is 5. The Morgan fingerprint density at radius 2 is 1.79 bits per heavy atom. The first-order valence-corrected chi connectivity index (χ1v) is 11.8. The minimum Gasteiger partial charge on any atom is -0.439 e. The number of anilines is 1. The number of urea groups is 1. The molecule has 8 nitrogen and oxygen atoms in total. The normalized spacial score (nSPS) is 19.3. The van der Waals surface area contributed by atoms with E-state index >= 15 is 0 Å². The van der Waals surface area contributed by atoms with E-state index in [2.05, 4.69) is 22.1 Å². The fraction of sp³-hybridized carbons (Fsp3) is 0.480. The van der Waals surface area contributed by atoms with Crippen LogP contribution in [0.15, 0.2) is 42.6 Å². The van der Waals surface area contributed by atoms with Crippen molar-refractivity contribution in [2.24, 2.45) is 0 Å². The zero-order valence-electron chi connectivity index (χ0n) is 19.5. The van der Waals surface area contributed by atoms with E-state index in [1.165, 1.54) is 6.42 Å². The first kappa shape index (κ1) is 23.0. The molecule has 2 fully saturated rings. The first-order valence-electron chi connectivity index (χ1n) is 11.8. The van der Waals surface area contributed by atoms with Crippen molar-refractivity contribution >= 4 is 17.6 Å². The number of nitrogens with one attached hydrogen (secondary N) is 1. The number of amides is 3. The number of nitrogens with zero attached hydrogens (tertiary/aromatic N) is 4. The van der Waals surface area contributed by atoms with Gasteiger partial charge >= 0.3 is 6.03 Å². The molecule has 176 valence electrons.